The number of rotatable bonds is 8. The summed E-state index contributed by atoms with van der Waals surface area (Å²) < 4.78 is 37.3. The molecule has 2 heterocycles. The quantitative estimate of drug-likeness (QED) is 0.683. The van der Waals surface area contributed by atoms with Gasteiger partial charge in [-0.15, -0.1) is 0 Å². The van der Waals surface area contributed by atoms with Crippen LogP contribution in [0.1, 0.15) is 38.3 Å². The number of amides is 1. The second-order valence-electron chi connectivity index (χ2n) is 7.52. The minimum Gasteiger partial charge on any atom is -0.490 e. The fourth-order valence-electron chi connectivity index (χ4n) is 3.00. The molecule has 1 aliphatic carbocycles. The Balaban J connectivity index is 1.78. The molecule has 9 heteroatoms. The summed E-state index contributed by atoms with van der Waals surface area (Å²) in [4.78, 5) is 19.4. The molecule has 1 fully saturated rings. The number of nitrogens with two attached hydrogens (primary N) is 1. The lowest BCUT2D eigenvalue weighted by Crippen LogP contribution is -2.43. The van der Waals surface area contributed by atoms with Crippen molar-refractivity contribution in [2.45, 2.75) is 38.2 Å². The van der Waals surface area contributed by atoms with Crippen molar-refractivity contribution in [1.29, 1.82) is 0 Å². The fraction of sp³-hybridized carbons (Fsp3) is 0.450. The first-order valence-electron chi connectivity index (χ1n) is 9.29. The van der Waals surface area contributed by atoms with Crippen molar-refractivity contribution in [2.24, 2.45) is 11.7 Å². The van der Waals surface area contributed by atoms with Crippen LogP contribution >= 0.6 is 0 Å². The summed E-state index contributed by atoms with van der Waals surface area (Å²) in [7, 11) is 1.23. The van der Waals surface area contributed by atoms with Crippen molar-refractivity contribution < 1.29 is 23.0 Å². The van der Waals surface area contributed by atoms with Gasteiger partial charge in [-0.05, 0) is 43.5 Å². The van der Waals surface area contributed by atoms with Gasteiger partial charge in [0.15, 0.2) is 0 Å². The average molecular weight is 406 g/mol. The molecule has 3 N–H and O–H groups in total. The van der Waals surface area contributed by atoms with Crippen molar-refractivity contribution in [3.63, 3.8) is 0 Å². The molecule has 1 amide bonds. The summed E-state index contributed by atoms with van der Waals surface area (Å²) >= 11 is 0. The van der Waals surface area contributed by atoms with Crippen LogP contribution in [0.15, 0.2) is 30.5 Å². The predicted octanol–water partition coefficient (Wildman–Crippen LogP) is 4.16. The smallest absolute Gasteiger partial charge is 0.412 e. The lowest BCUT2D eigenvalue weighted by Gasteiger charge is -2.25. The Hall–Kier alpha value is -2.81. The highest BCUT2D eigenvalue weighted by Crippen LogP contribution is 2.37. The first-order valence-corrected chi connectivity index (χ1v) is 9.29. The second kappa shape index (κ2) is 8.69. The number of halogens is 2. The van der Waals surface area contributed by atoms with E-state index in [0.29, 0.717) is 17.2 Å². The molecule has 1 saturated carbocycles. The first-order chi connectivity index (χ1) is 13.8. The maximum Gasteiger partial charge on any atom is 0.412 e. The summed E-state index contributed by atoms with van der Waals surface area (Å²) in [6, 6.07) is 6.16. The van der Waals surface area contributed by atoms with Crippen LogP contribution in [0.25, 0.3) is 11.3 Å². The van der Waals surface area contributed by atoms with Crippen molar-refractivity contribution in [3.05, 3.63) is 36.2 Å². The standard InChI is InChI=1S/C20H24F2N4O3/c1-20(23,10-12-3-4-12)11-29-15-6-5-14(25-17(15)18(21)22)13-7-8-24-16(9-13)26-19(27)28-2/h5-9,12,18H,3-4,10-11,23H2,1-2H3,(H,24,26,27)/t20-/m1/s1. The SMILES string of the molecule is COC(=O)Nc1cc(-c2ccc(OC[C@](C)(N)CC3CC3)c(C(F)F)n2)ccn1. The Morgan fingerprint density at radius 2 is 2.14 bits per heavy atom. The monoisotopic (exact) mass is 406 g/mol. The third-order valence-corrected chi connectivity index (χ3v) is 4.57. The number of carbonyl (C=O) groups excluding carboxylic acids is 1. The molecule has 3 rings (SSSR count). The molecule has 156 valence electrons. The summed E-state index contributed by atoms with van der Waals surface area (Å²) in [6.07, 6.45) is 1.05. The third-order valence-electron chi connectivity index (χ3n) is 4.57. The van der Waals surface area contributed by atoms with Gasteiger partial charge in [0.1, 0.15) is 23.9 Å². The van der Waals surface area contributed by atoms with Crippen LogP contribution in [-0.2, 0) is 4.74 Å². The summed E-state index contributed by atoms with van der Waals surface area (Å²) in [6.45, 7) is 1.99. The van der Waals surface area contributed by atoms with Crippen LogP contribution < -0.4 is 15.8 Å². The number of anilines is 1. The molecule has 0 spiro atoms. The molecule has 0 aliphatic heterocycles. The van der Waals surface area contributed by atoms with Gasteiger partial charge < -0.3 is 15.2 Å². The van der Waals surface area contributed by atoms with Crippen LogP contribution in [-0.4, -0.2) is 35.3 Å². The normalized spacial score (nSPS) is 15.7. The third kappa shape index (κ3) is 5.83. The van der Waals surface area contributed by atoms with E-state index >= 15 is 0 Å². The van der Waals surface area contributed by atoms with Gasteiger partial charge in [0, 0.05) is 17.3 Å². The Labute approximate surface area is 167 Å². The zero-order chi connectivity index (χ0) is 21.0. The van der Waals surface area contributed by atoms with Gasteiger partial charge in [-0.1, -0.05) is 12.8 Å². The zero-order valence-electron chi connectivity index (χ0n) is 16.3. The molecular weight excluding hydrogens is 382 g/mol. The predicted molar refractivity (Wildman–Crippen MR) is 104 cm³/mol. The van der Waals surface area contributed by atoms with E-state index in [9.17, 15) is 13.6 Å². The van der Waals surface area contributed by atoms with Crippen LogP contribution in [0.4, 0.5) is 19.4 Å². The number of carbonyl (C=O) groups is 1. The van der Waals surface area contributed by atoms with E-state index in [0.717, 1.165) is 19.3 Å². The topological polar surface area (TPSA) is 99.4 Å². The van der Waals surface area contributed by atoms with E-state index < -0.39 is 23.8 Å². The molecule has 7 nitrogen and oxygen atoms in total. The maximum atomic E-state index is 13.6. The van der Waals surface area contributed by atoms with Crippen molar-refractivity contribution in [3.8, 4) is 17.0 Å². The van der Waals surface area contributed by atoms with Crippen molar-refractivity contribution in [2.75, 3.05) is 19.0 Å². The van der Waals surface area contributed by atoms with Gasteiger partial charge in [-0.3, -0.25) is 5.32 Å². The Bertz CT molecular complexity index is 873. The van der Waals surface area contributed by atoms with E-state index in [2.05, 4.69) is 20.0 Å². The molecule has 0 radical (unpaired) electrons. The summed E-state index contributed by atoms with van der Waals surface area (Å²) in [5, 5.41) is 2.42. The van der Waals surface area contributed by atoms with Gasteiger partial charge in [-0.2, -0.15) is 0 Å². The van der Waals surface area contributed by atoms with Crippen LogP contribution in [0, 0.1) is 5.92 Å². The minimum atomic E-state index is -2.81. The van der Waals surface area contributed by atoms with Gasteiger partial charge in [0.2, 0.25) is 0 Å². The number of hydrogen-bond donors (Lipinski definition) is 2. The maximum absolute atomic E-state index is 13.6. The molecule has 0 unspecified atom stereocenters. The van der Waals surface area contributed by atoms with Crippen LogP contribution in [0.3, 0.4) is 0 Å². The number of methoxy groups -OCH3 is 1. The second-order valence-corrected chi connectivity index (χ2v) is 7.52. The average Bonchev–Trinajstić information content (AvgIpc) is 3.49. The van der Waals surface area contributed by atoms with Crippen molar-refractivity contribution in [1.82, 2.24) is 9.97 Å². The number of nitrogens with zero attached hydrogens (tertiary/aromatic N) is 2. The van der Waals surface area contributed by atoms with Gasteiger partial charge >= 0.3 is 6.09 Å². The highest BCUT2D eigenvalue weighted by atomic mass is 19.3. The Morgan fingerprint density at radius 3 is 2.79 bits per heavy atom. The molecule has 2 aromatic rings. The number of pyridine rings is 2. The number of hydrogen-bond acceptors (Lipinski definition) is 6. The highest BCUT2D eigenvalue weighted by Gasteiger charge is 2.31. The molecular formula is C20H24F2N4O3. The van der Waals surface area contributed by atoms with Gasteiger partial charge in [0.05, 0.1) is 12.8 Å². The summed E-state index contributed by atoms with van der Waals surface area (Å²) in [5.74, 6) is 0.829. The van der Waals surface area contributed by atoms with E-state index in [1.807, 2.05) is 6.92 Å². The van der Waals surface area contributed by atoms with E-state index in [1.54, 1.807) is 12.1 Å². The lowest BCUT2D eigenvalue weighted by molar-refractivity contribution is 0.135. The van der Waals surface area contributed by atoms with E-state index in [4.69, 9.17) is 10.5 Å². The van der Waals surface area contributed by atoms with E-state index in [-0.39, 0.29) is 18.2 Å². The molecule has 0 bridgehead atoms. The molecule has 0 saturated heterocycles. The van der Waals surface area contributed by atoms with Crippen LogP contribution in [0.2, 0.25) is 0 Å². The zero-order valence-corrected chi connectivity index (χ0v) is 16.3. The largest absolute Gasteiger partial charge is 0.490 e. The molecule has 0 aromatic carbocycles. The van der Waals surface area contributed by atoms with Crippen LogP contribution in [0.5, 0.6) is 5.75 Å². The molecule has 1 aliphatic rings. The number of nitrogens with one attached hydrogen (secondary N) is 1. The molecule has 2 aromatic heterocycles. The Morgan fingerprint density at radius 1 is 1.38 bits per heavy atom. The number of alkyl halides is 2. The number of ether oxygens (including phenoxy) is 2. The van der Waals surface area contributed by atoms with E-state index in [1.165, 1.54) is 25.4 Å². The van der Waals surface area contributed by atoms with Gasteiger partial charge in [-0.25, -0.2) is 23.5 Å². The molecule has 1 atom stereocenters. The Kier molecular flexibility index (Phi) is 6.26. The first kappa shape index (κ1) is 20.9. The molecule has 29 heavy (non-hydrogen) atoms. The van der Waals surface area contributed by atoms with Crippen molar-refractivity contribution >= 4 is 11.9 Å². The minimum absolute atomic E-state index is 0.0122. The lowest BCUT2D eigenvalue weighted by atomic mass is 9.97. The number of aromatic nitrogens is 2. The van der Waals surface area contributed by atoms with Gasteiger partial charge in [0.25, 0.3) is 6.43 Å². The highest BCUT2D eigenvalue weighted by molar-refractivity contribution is 5.84. The summed E-state index contributed by atoms with van der Waals surface area (Å²) in [5.41, 5.74) is 6.01. The fourth-order valence-corrected chi connectivity index (χ4v) is 3.00.